The molecule has 2 aliphatic rings. The van der Waals surface area contributed by atoms with E-state index >= 15 is 0 Å². The highest BCUT2D eigenvalue weighted by Gasteiger charge is 2.51. The summed E-state index contributed by atoms with van der Waals surface area (Å²) >= 11 is 0. The topological polar surface area (TPSA) is 63.3 Å². The lowest BCUT2D eigenvalue weighted by atomic mass is 9.94. The van der Waals surface area contributed by atoms with Gasteiger partial charge in [-0.05, 0) is 80.0 Å². The van der Waals surface area contributed by atoms with E-state index in [-0.39, 0.29) is 5.91 Å². The van der Waals surface area contributed by atoms with Crippen LogP contribution in [0.4, 0.5) is 5.69 Å². The number of anilines is 1. The summed E-state index contributed by atoms with van der Waals surface area (Å²) in [5.74, 6) is 1.38. The number of amides is 1. The first-order valence-electron chi connectivity index (χ1n) is 10.3. The molecule has 150 valence electrons. The lowest BCUT2D eigenvalue weighted by molar-refractivity contribution is -0.118. The molecule has 5 nitrogen and oxygen atoms in total. The van der Waals surface area contributed by atoms with Crippen LogP contribution in [0, 0.1) is 0 Å². The Hall–Kier alpha value is -2.95. The zero-order valence-corrected chi connectivity index (χ0v) is 16.9. The third kappa shape index (κ3) is 2.96. The van der Waals surface area contributed by atoms with Crippen LogP contribution in [0.2, 0.25) is 0 Å². The van der Waals surface area contributed by atoms with Gasteiger partial charge in [0.05, 0.1) is 19.6 Å². The molecule has 29 heavy (non-hydrogen) atoms. The van der Waals surface area contributed by atoms with Crippen molar-refractivity contribution in [2.45, 2.75) is 43.9 Å². The van der Waals surface area contributed by atoms with Gasteiger partial charge in [0.2, 0.25) is 5.91 Å². The van der Waals surface area contributed by atoms with Gasteiger partial charge in [-0.1, -0.05) is 6.07 Å². The molecule has 1 heterocycles. The smallest absolute Gasteiger partial charge is 0.235 e. The van der Waals surface area contributed by atoms with E-state index in [4.69, 9.17) is 9.47 Å². The molecule has 1 fully saturated rings. The number of rotatable bonds is 5. The average Bonchev–Trinajstić information content (AvgIpc) is 3.49. The maximum Gasteiger partial charge on any atom is 0.235 e. The Bertz CT molecular complexity index is 1090. The highest BCUT2D eigenvalue weighted by atomic mass is 16.5. The van der Waals surface area contributed by atoms with Crippen LogP contribution in [-0.4, -0.2) is 25.1 Å². The number of benzene rings is 2. The molecule has 2 aromatic carbocycles. The number of hydrogen-bond acceptors (Lipinski definition) is 3. The maximum atomic E-state index is 13.2. The van der Waals surface area contributed by atoms with Gasteiger partial charge >= 0.3 is 0 Å². The fraction of sp³-hybridized carbons (Fsp3) is 0.375. The molecular weight excluding hydrogens is 364 g/mol. The SMILES string of the molecule is COc1ccc(C2(C(=O)Nc3ccc4[nH]c5c(c4c3)CCCC5)CC2)cc1OC. The molecule has 0 saturated heterocycles. The second-order valence-corrected chi connectivity index (χ2v) is 8.16. The minimum absolute atomic E-state index is 0.0495. The van der Waals surface area contributed by atoms with Crippen molar-refractivity contribution in [2.24, 2.45) is 0 Å². The first-order chi connectivity index (χ1) is 14.1. The summed E-state index contributed by atoms with van der Waals surface area (Å²) in [6.07, 6.45) is 6.40. The average molecular weight is 390 g/mol. The van der Waals surface area contributed by atoms with Crippen LogP contribution in [0.25, 0.3) is 10.9 Å². The predicted octanol–water partition coefficient (Wildman–Crippen LogP) is 4.73. The van der Waals surface area contributed by atoms with E-state index < -0.39 is 5.41 Å². The fourth-order valence-electron chi connectivity index (χ4n) is 4.64. The van der Waals surface area contributed by atoms with Crippen molar-refractivity contribution in [3.8, 4) is 11.5 Å². The summed E-state index contributed by atoms with van der Waals surface area (Å²) in [5.41, 5.74) is 5.30. The van der Waals surface area contributed by atoms with Crippen LogP contribution in [-0.2, 0) is 23.1 Å². The normalized spacial score (nSPS) is 16.9. The molecule has 5 heteroatoms. The number of nitrogens with one attached hydrogen (secondary N) is 2. The number of aromatic amines is 1. The van der Waals surface area contributed by atoms with Crippen LogP contribution in [0.1, 0.15) is 42.5 Å². The number of fused-ring (bicyclic) bond motifs is 3. The van der Waals surface area contributed by atoms with Gasteiger partial charge in [-0.25, -0.2) is 0 Å². The van der Waals surface area contributed by atoms with Gasteiger partial charge in [0.1, 0.15) is 0 Å². The van der Waals surface area contributed by atoms with Gasteiger partial charge in [-0.2, -0.15) is 0 Å². The molecule has 0 spiro atoms. The fourth-order valence-corrected chi connectivity index (χ4v) is 4.64. The molecule has 0 atom stereocenters. The van der Waals surface area contributed by atoms with Crippen LogP contribution in [0.15, 0.2) is 36.4 Å². The summed E-state index contributed by atoms with van der Waals surface area (Å²) < 4.78 is 10.8. The second kappa shape index (κ2) is 6.83. The van der Waals surface area contributed by atoms with Crippen LogP contribution in [0.5, 0.6) is 11.5 Å². The summed E-state index contributed by atoms with van der Waals surface area (Å²) in [6.45, 7) is 0. The van der Waals surface area contributed by atoms with E-state index in [2.05, 4.69) is 22.4 Å². The Kier molecular flexibility index (Phi) is 4.26. The van der Waals surface area contributed by atoms with E-state index in [9.17, 15) is 4.79 Å². The van der Waals surface area contributed by atoms with Crippen molar-refractivity contribution in [3.63, 3.8) is 0 Å². The third-order valence-electron chi connectivity index (χ3n) is 6.48. The van der Waals surface area contributed by atoms with E-state index in [1.54, 1.807) is 14.2 Å². The van der Waals surface area contributed by atoms with Gasteiger partial charge in [0, 0.05) is 22.3 Å². The molecule has 2 aliphatic carbocycles. The number of carbonyl (C=O) groups excluding carboxylic acids is 1. The van der Waals surface area contributed by atoms with Crippen molar-refractivity contribution >= 4 is 22.5 Å². The molecule has 0 bridgehead atoms. The highest BCUT2D eigenvalue weighted by Crippen LogP contribution is 2.50. The van der Waals surface area contributed by atoms with Crippen LogP contribution in [0.3, 0.4) is 0 Å². The first kappa shape index (κ1) is 18.1. The zero-order valence-electron chi connectivity index (χ0n) is 16.9. The first-order valence-corrected chi connectivity index (χ1v) is 10.3. The van der Waals surface area contributed by atoms with Crippen molar-refractivity contribution in [1.29, 1.82) is 0 Å². The molecule has 0 radical (unpaired) electrons. The number of carbonyl (C=O) groups is 1. The second-order valence-electron chi connectivity index (χ2n) is 8.16. The van der Waals surface area contributed by atoms with Gasteiger partial charge in [-0.3, -0.25) is 4.79 Å². The maximum absolute atomic E-state index is 13.2. The van der Waals surface area contributed by atoms with Gasteiger partial charge in [0.25, 0.3) is 0 Å². The summed E-state index contributed by atoms with van der Waals surface area (Å²) in [4.78, 5) is 16.8. The minimum atomic E-state index is -0.480. The molecular formula is C24H26N2O3. The number of methoxy groups -OCH3 is 2. The number of hydrogen-bond donors (Lipinski definition) is 2. The number of ether oxygens (including phenoxy) is 2. The Morgan fingerprint density at radius 3 is 2.55 bits per heavy atom. The van der Waals surface area contributed by atoms with Crippen LogP contribution < -0.4 is 14.8 Å². The Morgan fingerprint density at radius 2 is 1.79 bits per heavy atom. The summed E-state index contributed by atoms with van der Waals surface area (Å²) in [5, 5.41) is 4.42. The molecule has 3 aromatic rings. The van der Waals surface area contributed by atoms with Crippen molar-refractivity contribution in [2.75, 3.05) is 19.5 Å². The Labute approximate surface area is 170 Å². The van der Waals surface area contributed by atoms with Crippen LogP contribution >= 0.6 is 0 Å². The predicted molar refractivity (Wildman–Crippen MR) is 114 cm³/mol. The van der Waals surface area contributed by atoms with Gasteiger partial charge < -0.3 is 19.8 Å². The molecule has 1 amide bonds. The van der Waals surface area contributed by atoms with E-state index in [1.807, 2.05) is 24.3 Å². The lowest BCUT2D eigenvalue weighted by Crippen LogP contribution is -2.27. The van der Waals surface area contributed by atoms with Crippen molar-refractivity contribution < 1.29 is 14.3 Å². The Morgan fingerprint density at radius 1 is 1.00 bits per heavy atom. The van der Waals surface area contributed by atoms with Gasteiger partial charge in [-0.15, -0.1) is 0 Å². The molecule has 2 N–H and O–H groups in total. The largest absolute Gasteiger partial charge is 0.493 e. The molecule has 5 rings (SSSR count). The van der Waals surface area contributed by atoms with E-state index in [1.165, 1.54) is 29.5 Å². The number of aromatic nitrogens is 1. The number of H-pyrrole nitrogens is 1. The third-order valence-corrected chi connectivity index (χ3v) is 6.48. The minimum Gasteiger partial charge on any atom is -0.493 e. The molecule has 0 aliphatic heterocycles. The molecule has 1 saturated carbocycles. The molecule has 1 aromatic heterocycles. The quantitative estimate of drug-likeness (QED) is 0.662. The lowest BCUT2D eigenvalue weighted by Gasteiger charge is -2.18. The number of aryl methyl sites for hydroxylation is 2. The standard InChI is InChI=1S/C24H26N2O3/c1-28-21-10-7-15(13-22(21)29-2)24(11-12-24)23(27)25-16-8-9-20-18(14-16)17-5-3-4-6-19(17)26-20/h7-10,13-14,26H,3-6,11-12H2,1-2H3,(H,25,27). The van der Waals surface area contributed by atoms with E-state index in [0.717, 1.165) is 42.5 Å². The molecule has 0 unspecified atom stereocenters. The van der Waals surface area contributed by atoms with Crippen molar-refractivity contribution in [1.82, 2.24) is 4.98 Å². The summed E-state index contributed by atoms with van der Waals surface area (Å²) in [6, 6.07) is 12.0. The van der Waals surface area contributed by atoms with Gasteiger partial charge in [0.15, 0.2) is 11.5 Å². The monoisotopic (exact) mass is 390 g/mol. The Balaban J connectivity index is 1.43. The zero-order chi connectivity index (χ0) is 20.0. The highest BCUT2D eigenvalue weighted by molar-refractivity contribution is 6.03. The summed E-state index contributed by atoms with van der Waals surface area (Å²) in [7, 11) is 3.24. The van der Waals surface area contributed by atoms with Crippen molar-refractivity contribution in [3.05, 3.63) is 53.2 Å². The van der Waals surface area contributed by atoms with E-state index in [0.29, 0.717) is 11.5 Å².